The van der Waals surface area contributed by atoms with E-state index in [0.717, 1.165) is 36.3 Å². The first-order valence-corrected chi connectivity index (χ1v) is 6.57. The van der Waals surface area contributed by atoms with Crippen LogP contribution >= 0.6 is 0 Å². The molecule has 0 aromatic carbocycles. The van der Waals surface area contributed by atoms with Crippen molar-refractivity contribution in [1.82, 2.24) is 15.3 Å². The van der Waals surface area contributed by atoms with Gasteiger partial charge in [0.1, 0.15) is 0 Å². The van der Waals surface area contributed by atoms with Gasteiger partial charge < -0.3 is 10.3 Å². The fraction of sp³-hybridized carbons (Fsp3) is 0.769. The van der Waals surface area contributed by atoms with Gasteiger partial charge in [0.05, 0.1) is 12.0 Å². The van der Waals surface area contributed by atoms with E-state index in [1.807, 2.05) is 0 Å². The fourth-order valence-corrected chi connectivity index (χ4v) is 4.38. The lowest BCUT2D eigenvalue weighted by Crippen LogP contribution is -2.23. The summed E-state index contributed by atoms with van der Waals surface area (Å²) >= 11 is 0. The number of aromatic nitrogens is 2. The predicted molar refractivity (Wildman–Crippen MR) is 61.8 cm³/mol. The second-order valence-electron chi connectivity index (χ2n) is 5.87. The number of hydrogen-bond acceptors (Lipinski definition) is 2. The van der Waals surface area contributed by atoms with Gasteiger partial charge in [-0.25, -0.2) is 4.98 Å². The summed E-state index contributed by atoms with van der Waals surface area (Å²) in [4.78, 5) is 7.49. The first-order chi connectivity index (χ1) is 7.84. The summed E-state index contributed by atoms with van der Waals surface area (Å²) in [5, 5.41) is 3.72. The minimum absolute atomic E-state index is 0.822. The molecule has 0 aliphatic heterocycles. The molecule has 2 N–H and O–H groups in total. The number of imidazole rings is 1. The van der Waals surface area contributed by atoms with E-state index in [9.17, 15) is 0 Å². The summed E-state index contributed by atoms with van der Waals surface area (Å²) in [6.45, 7) is 3.05. The van der Waals surface area contributed by atoms with Crippen molar-refractivity contribution in [3.63, 3.8) is 0 Å². The highest BCUT2D eigenvalue weighted by Crippen LogP contribution is 2.65. The monoisotopic (exact) mass is 217 g/mol. The lowest BCUT2D eigenvalue weighted by atomic mass is 10.0. The molecular weight excluding hydrogens is 198 g/mol. The lowest BCUT2D eigenvalue weighted by Gasteiger charge is -2.09. The van der Waals surface area contributed by atoms with Crippen LogP contribution in [0.3, 0.4) is 0 Å². The molecular formula is C13H19N3. The van der Waals surface area contributed by atoms with Gasteiger partial charge >= 0.3 is 0 Å². The molecule has 3 fully saturated rings. The third kappa shape index (κ3) is 1.15. The fourth-order valence-electron chi connectivity index (χ4n) is 4.38. The molecule has 4 unspecified atom stereocenters. The lowest BCUT2D eigenvalue weighted by molar-refractivity contribution is 0.456. The van der Waals surface area contributed by atoms with Gasteiger partial charge in [-0.05, 0) is 49.9 Å². The van der Waals surface area contributed by atoms with Crippen LogP contribution in [0, 0.1) is 30.6 Å². The first-order valence-electron chi connectivity index (χ1n) is 6.57. The minimum atomic E-state index is 0.822. The Hall–Kier alpha value is -0.830. The maximum Gasteiger partial charge on any atom is 0.0925 e. The molecule has 3 heteroatoms. The van der Waals surface area contributed by atoms with Crippen molar-refractivity contribution in [2.75, 3.05) is 0 Å². The molecule has 3 saturated carbocycles. The van der Waals surface area contributed by atoms with Gasteiger partial charge in [0.25, 0.3) is 0 Å². The normalized spacial score (nSPS) is 43.7. The van der Waals surface area contributed by atoms with Crippen LogP contribution < -0.4 is 5.32 Å². The van der Waals surface area contributed by atoms with Gasteiger partial charge in [-0.15, -0.1) is 0 Å². The van der Waals surface area contributed by atoms with Gasteiger partial charge in [-0.1, -0.05) is 0 Å². The molecule has 3 nitrogen and oxygen atoms in total. The summed E-state index contributed by atoms with van der Waals surface area (Å²) in [5.74, 6) is 4.18. The van der Waals surface area contributed by atoms with Crippen molar-refractivity contribution < 1.29 is 0 Å². The van der Waals surface area contributed by atoms with Gasteiger partial charge in [0, 0.05) is 18.3 Å². The van der Waals surface area contributed by atoms with Crippen LogP contribution in [0.25, 0.3) is 0 Å². The number of nitrogens with one attached hydrogen (secondary N) is 2. The standard InChI is InChI=1S/C13H19N3/c1-7-10(16-6-15-7)5-14-13-11-8-2-3-9(4-8)12(11)13/h6,8-9,11-14H,2-5H2,1H3,(H,15,16). The zero-order valence-corrected chi connectivity index (χ0v) is 9.74. The minimum Gasteiger partial charge on any atom is -0.348 e. The molecule has 1 aromatic heterocycles. The highest BCUT2D eigenvalue weighted by Gasteiger charge is 2.64. The number of aryl methyl sites for hydroxylation is 1. The molecule has 1 heterocycles. The molecule has 0 saturated heterocycles. The van der Waals surface area contributed by atoms with Gasteiger partial charge in [-0.2, -0.15) is 0 Å². The number of nitrogens with zero attached hydrogens (tertiary/aromatic N) is 1. The Morgan fingerprint density at radius 1 is 1.38 bits per heavy atom. The molecule has 4 rings (SSSR count). The van der Waals surface area contributed by atoms with Gasteiger partial charge in [-0.3, -0.25) is 0 Å². The molecule has 4 atom stereocenters. The van der Waals surface area contributed by atoms with Crippen molar-refractivity contribution in [2.45, 2.75) is 38.8 Å². The second-order valence-corrected chi connectivity index (χ2v) is 5.87. The summed E-state index contributed by atoms with van der Waals surface area (Å²) in [6.07, 6.45) is 6.34. The van der Waals surface area contributed by atoms with Crippen molar-refractivity contribution in [1.29, 1.82) is 0 Å². The van der Waals surface area contributed by atoms with E-state index in [2.05, 4.69) is 22.2 Å². The quantitative estimate of drug-likeness (QED) is 0.811. The zero-order chi connectivity index (χ0) is 10.7. The highest BCUT2D eigenvalue weighted by molar-refractivity contribution is 5.18. The van der Waals surface area contributed by atoms with Crippen LogP contribution in [0.4, 0.5) is 0 Å². The molecule has 0 spiro atoms. The van der Waals surface area contributed by atoms with Crippen LogP contribution in [0.15, 0.2) is 6.33 Å². The van der Waals surface area contributed by atoms with E-state index in [1.165, 1.54) is 30.7 Å². The van der Waals surface area contributed by atoms with Crippen LogP contribution in [-0.2, 0) is 6.54 Å². The Labute approximate surface area is 96.0 Å². The third-order valence-electron chi connectivity index (χ3n) is 5.17. The topological polar surface area (TPSA) is 40.7 Å². The molecule has 86 valence electrons. The first kappa shape index (κ1) is 9.23. The van der Waals surface area contributed by atoms with Crippen molar-refractivity contribution in [2.24, 2.45) is 23.7 Å². The van der Waals surface area contributed by atoms with E-state index in [4.69, 9.17) is 0 Å². The third-order valence-corrected chi connectivity index (χ3v) is 5.17. The van der Waals surface area contributed by atoms with E-state index < -0.39 is 0 Å². The van der Waals surface area contributed by atoms with Crippen molar-refractivity contribution >= 4 is 0 Å². The van der Waals surface area contributed by atoms with Crippen molar-refractivity contribution in [3.05, 3.63) is 17.7 Å². The van der Waals surface area contributed by atoms with Crippen LogP contribution in [0.2, 0.25) is 0 Å². The molecule has 2 bridgehead atoms. The predicted octanol–water partition coefficient (Wildman–Crippen LogP) is 1.85. The number of H-pyrrole nitrogens is 1. The zero-order valence-electron chi connectivity index (χ0n) is 9.74. The molecule has 16 heavy (non-hydrogen) atoms. The summed E-state index contributed by atoms with van der Waals surface area (Å²) < 4.78 is 0. The Balaban J connectivity index is 1.39. The average Bonchev–Trinajstić information content (AvgIpc) is 2.70. The van der Waals surface area contributed by atoms with Crippen LogP contribution in [-0.4, -0.2) is 16.0 Å². The van der Waals surface area contributed by atoms with Crippen molar-refractivity contribution in [3.8, 4) is 0 Å². The van der Waals surface area contributed by atoms with Crippen LogP contribution in [0.1, 0.15) is 30.7 Å². The SMILES string of the molecule is Cc1[nH]cnc1CNC1C2C3CCC(C3)C12. The maximum absolute atomic E-state index is 4.35. The smallest absolute Gasteiger partial charge is 0.0925 e. The molecule has 3 aliphatic rings. The number of fused-ring (bicyclic) bond motifs is 5. The average molecular weight is 217 g/mol. The Morgan fingerprint density at radius 3 is 2.75 bits per heavy atom. The van der Waals surface area contributed by atoms with Crippen LogP contribution in [0.5, 0.6) is 0 Å². The largest absolute Gasteiger partial charge is 0.348 e. The molecule has 0 amide bonds. The highest BCUT2D eigenvalue weighted by atomic mass is 15.0. The maximum atomic E-state index is 4.35. The molecule has 0 radical (unpaired) electrons. The van der Waals surface area contributed by atoms with E-state index in [1.54, 1.807) is 6.33 Å². The van der Waals surface area contributed by atoms with E-state index >= 15 is 0 Å². The summed E-state index contributed by atoms with van der Waals surface area (Å²) in [5.41, 5.74) is 2.40. The summed E-state index contributed by atoms with van der Waals surface area (Å²) in [7, 11) is 0. The Morgan fingerprint density at radius 2 is 2.12 bits per heavy atom. The Kier molecular flexibility index (Phi) is 1.79. The number of hydrogen-bond donors (Lipinski definition) is 2. The Bertz CT molecular complexity index is 395. The van der Waals surface area contributed by atoms with E-state index in [-0.39, 0.29) is 0 Å². The van der Waals surface area contributed by atoms with Gasteiger partial charge in [0.15, 0.2) is 0 Å². The second kappa shape index (κ2) is 3.10. The molecule has 1 aromatic rings. The number of rotatable bonds is 3. The summed E-state index contributed by atoms with van der Waals surface area (Å²) in [6, 6.07) is 0.822. The molecule has 3 aliphatic carbocycles. The van der Waals surface area contributed by atoms with E-state index in [0.29, 0.717) is 0 Å². The van der Waals surface area contributed by atoms with Gasteiger partial charge in [0.2, 0.25) is 0 Å². The number of aromatic amines is 1.